The van der Waals surface area contributed by atoms with Crippen LogP contribution >= 0.6 is 0 Å². The van der Waals surface area contributed by atoms with Gasteiger partial charge in [0.1, 0.15) is 18.8 Å². The van der Waals surface area contributed by atoms with Crippen LogP contribution in [0.3, 0.4) is 0 Å². The first kappa shape index (κ1) is 20.7. The van der Waals surface area contributed by atoms with E-state index in [0.717, 1.165) is 0 Å². The number of esters is 1. The van der Waals surface area contributed by atoms with Gasteiger partial charge in [0.05, 0.1) is 19.8 Å². The van der Waals surface area contributed by atoms with Crippen molar-refractivity contribution in [3.63, 3.8) is 0 Å². The summed E-state index contributed by atoms with van der Waals surface area (Å²) < 4.78 is 16.4. The number of hydrogen-bond donors (Lipinski definition) is 1. The number of carbonyl (C=O) groups is 1. The zero-order chi connectivity index (χ0) is 19.2. The third kappa shape index (κ3) is 4.57. The van der Waals surface area contributed by atoms with Gasteiger partial charge in [-0.15, -0.1) is 0 Å². The minimum absolute atomic E-state index is 0.225. The van der Waals surface area contributed by atoms with Gasteiger partial charge in [0.25, 0.3) is 0 Å². The summed E-state index contributed by atoms with van der Waals surface area (Å²) in [5.74, 6) is -1.89. The molecule has 2 rings (SSSR count). The van der Waals surface area contributed by atoms with Crippen LogP contribution in [0.5, 0.6) is 0 Å². The van der Waals surface area contributed by atoms with Crippen molar-refractivity contribution in [1.29, 1.82) is 0 Å². The molecule has 0 spiro atoms. The summed E-state index contributed by atoms with van der Waals surface area (Å²) in [7, 11) is 4.00. The predicted molar refractivity (Wildman–Crippen MR) is 86.8 cm³/mol. The van der Waals surface area contributed by atoms with Crippen LogP contribution in [0.25, 0.3) is 0 Å². The smallest absolute Gasteiger partial charge is 0.338 e. The van der Waals surface area contributed by atoms with Crippen molar-refractivity contribution in [2.24, 2.45) is 0 Å². The van der Waals surface area contributed by atoms with Crippen molar-refractivity contribution >= 4 is 5.97 Å². The number of hydrogen-bond acceptors (Lipinski definition) is 9. The minimum Gasteiger partial charge on any atom is -0.459 e. The second-order valence-electron chi connectivity index (χ2n) is 5.74. The van der Waals surface area contributed by atoms with Crippen LogP contribution in [0, 0.1) is 0 Å². The van der Waals surface area contributed by atoms with Gasteiger partial charge in [-0.2, -0.15) is 0 Å². The van der Waals surface area contributed by atoms with Crippen LogP contribution in [-0.2, 0) is 33.8 Å². The SMILES string of the molecule is COO[C@H]1[C@H](O)[C@@H](COC(=O)c2ccccc2)O[C@](C)(OC)[C@@H]1OOC. The first-order valence-corrected chi connectivity index (χ1v) is 7.99. The molecule has 1 fully saturated rings. The number of benzene rings is 1. The average Bonchev–Trinajstić information content (AvgIpc) is 2.66. The summed E-state index contributed by atoms with van der Waals surface area (Å²) in [6, 6.07) is 8.48. The highest BCUT2D eigenvalue weighted by Gasteiger charge is 2.55. The highest BCUT2D eigenvalue weighted by molar-refractivity contribution is 5.89. The molecule has 146 valence electrons. The Labute approximate surface area is 151 Å². The molecule has 1 saturated heterocycles. The maximum Gasteiger partial charge on any atom is 0.338 e. The van der Waals surface area contributed by atoms with Gasteiger partial charge in [-0.3, -0.25) is 0 Å². The lowest BCUT2D eigenvalue weighted by atomic mass is 9.93. The second kappa shape index (κ2) is 9.38. The molecule has 1 aromatic carbocycles. The first-order chi connectivity index (χ1) is 12.5. The number of aliphatic hydroxyl groups is 1. The first-order valence-electron chi connectivity index (χ1n) is 7.99. The lowest BCUT2D eigenvalue weighted by Crippen LogP contribution is -2.66. The van der Waals surface area contributed by atoms with Crippen molar-refractivity contribution in [3.8, 4) is 0 Å². The molecule has 1 aliphatic rings. The van der Waals surface area contributed by atoms with E-state index in [1.807, 2.05) is 0 Å². The molecule has 0 unspecified atom stereocenters. The van der Waals surface area contributed by atoms with Gasteiger partial charge in [0.2, 0.25) is 0 Å². The summed E-state index contributed by atoms with van der Waals surface area (Å²) in [4.78, 5) is 31.8. The summed E-state index contributed by atoms with van der Waals surface area (Å²) >= 11 is 0. The molecule has 1 N–H and O–H groups in total. The van der Waals surface area contributed by atoms with Crippen molar-refractivity contribution in [2.75, 3.05) is 27.9 Å². The highest BCUT2D eigenvalue weighted by Crippen LogP contribution is 2.34. The maximum absolute atomic E-state index is 12.1. The monoisotopic (exact) mass is 372 g/mol. The van der Waals surface area contributed by atoms with Crippen LogP contribution < -0.4 is 0 Å². The van der Waals surface area contributed by atoms with Gasteiger partial charge in [-0.25, -0.2) is 24.3 Å². The second-order valence-corrected chi connectivity index (χ2v) is 5.74. The number of rotatable bonds is 8. The Kier molecular flexibility index (Phi) is 7.47. The maximum atomic E-state index is 12.1. The van der Waals surface area contributed by atoms with Crippen molar-refractivity contribution < 1.29 is 43.7 Å². The fourth-order valence-electron chi connectivity index (χ4n) is 2.70. The number of methoxy groups -OCH3 is 1. The van der Waals surface area contributed by atoms with Gasteiger partial charge in [0.15, 0.2) is 18.0 Å². The summed E-state index contributed by atoms with van der Waals surface area (Å²) in [6.45, 7) is 1.36. The molecular weight excluding hydrogens is 348 g/mol. The van der Waals surface area contributed by atoms with E-state index in [1.54, 1.807) is 37.3 Å². The lowest BCUT2D eigenvalue weighted by molar-refractivity contribution is -0.462. The van der Waals surface area contributed by atoms with Crippen LogP contribution in [0.15, 0.2) is 30.3 Å². The predicted octanol–water partition coefficient (Wildman–Crippen LogP) is 0.859. The molecule has 5 atom stereocenters. The molecule has 0 aliphatic carbocycles. The van der Waals surface area contributed by atoms with Gasteiger partial charge in [-0.1, -0.05) is 18.2 Å². The van der Waals surface area contributed by atoms with Crippen LogP contribution in [0.1, 0.15) is 17.3 Å². The zero-order valence-corrected chi connectivity index (χ0v) is 15.1. The quantitative estimate of drug-likeness (QED) is 0.404. The van der Waals surface area contributed by atoms with E-state index < -0.39 is 36.2 Å². The Balaban J connectivity index is 2.11. The molecule has 0 bridgehead atoms. The molecule has 0 aromatic heterocycles. The van der Waals surface area contributed by atoms with Crippen molar-refractivity contribution in [3.05, 3.63) is 35.9 Å². The Morgan fingerprint density at radius 2 is 1.81 bits per heavy atom. The lowest BCUT2D eigenvalue weighted by Gasteiger charge is -2.47. The Hall–Kier alpha value is -1.59. The van der Waals surface area contributed by atoms with E-state index in [-0.39, 0.29) is 6.61 Å². The molecule has 26 heavy (non-hydrogen) atoms. The molecule has 1 heterocycles. The third-order valence-corrected chi connectivity index (χ3v) is 4.12. The highest BCUT2D eigenvalue weighted by atomic mass is 17.2. The van der Waals surface area contributed by atoms with E-state index in [0.29, 0.717) is 5.56 Å². The zero-order valence-electron chi connectivity index (χ0n) is 15.1. The molecule has 1 aliphatic heterocycles. The summed E-state index contributed by atoms with van der Waals surface area (Å²) in [6.07, 6.45) is -4.15. The van der Waals surface area contributed by atoms with E-state index in [2.05, 4.69) is 0 Å². The third-order valence-electron chi connectivity index (χ3n) is 4.12. The van der Waals surface area contributed by atoms with Crippen LogP contribution in [0.4, 0.5) is 0 Å². The Morgan fingerprint density at radius 1 is 1.15 bits per heavy atom. The fourth-order valence-corrected chi connectivity index (χ4v) is 2.70. The van der Waals surface area contributed by atoms with E-state index in [1.165, 1.54) is 21.3 Å². The van der Waals surface area contributed by atoms with E-state index in [4.69, 9.17) is 33.8 Å². The topological polar surface area (TPSA) is 102 Å². The fraction of sp³-hybridized carbons (Fsp3) is 0.588. The standard InChI is InChI=1S/C17H24O9/c1-17(20-2)15(26-22-4)14(25-21-3)13(18)12(24-17)10-23-16(19)11-8-6-5-7-9-11/h5-9,12-15,18H,10H2,1-4H3/t12-,13-,14+,15-,17+/m1/s1. The summed E-state index contributed by atoms with van der Waals surface area (Å²) in [5.41, 5.74) is 0.387. The molecule has 0 saturated carbocycles. The average molecular weight is 372 g/mol. The molecule has 9 nitrogen and oxygen atoms in total. The minimum atomic E-state index is -1.34. The number of aliphatic hydroxyl groups excluding tert-OH is 1. The van der Waals surface area contributed by atoms with Crippen LogP contribution in [-0.4, -0.2) is 69.2 Å². The van der Waals surface area contributed by atoms with Crippen molar-refractivity contribution in [1.82, 2.24) is 0 Å². The Morgan fingerprint density at radius 3 is 2.38 bits per heavy atom. The largest absolute Gasteiger partial charge is 0.459 e. The number of ether oxygens (including phenoxy) is 3. The van der Waals surface area contributed by atoms with Crippen LogP contribution in [0.2, 0.25) is 0 Å². The molecule has 1 aromatic rings. The normalized spacial score (nSPS) is 31.6. The molecular formula is C17H24O9. The Bertz CT molecular complexity index is 567. The molecule has 9 heteroatoms. The van der Waals surface area contributed by atoms with Gasteiger partial charge < -0.3 is 19.3 Å². The summed E-state index contributed by atoms with van der Waals surface area (Å²) in [5, 5.41) is 10.6. The molecule has 0 amide bonds. The molecule has 0 radical (unpaired) electrons. The van der Waals surface area contributed by atoms with Gasteiger partial charge in [-0.05, 0) is 19.1 Å². The van der Waals surface area contributed by atoms with Crippen molar-refractivity contribution in [2.45, 2.75) is 37.1 Å². The van der Waals surface area contributed by atoms with E-state index in [9.17, 15) is 9.90 Å². The van der Waals surface area contributed by atoms with Gasteiger partial charge in [0, 0.05) is 7.11 Å². The number of carbonyl (C=O) groups excluding carboxylic acids is 1. The van der Waals surface area contributed by atoms with Gasteiger partial charge >= 0.3 is 5.97 Å². The van der Waals surface area contributed by atoms with E-state index >= 15 is 0 Å².